The van der Waals surface area contributed by atoms with Gasteiger partial charge in [-0.1, -0.05) is 12.1 Å². The van der Waals surface area contributed by atoms with E-state index in [0.29, 0.717) is 23.0 Å². The Labute approximate surface area is 209 Å². The van der Waals surface area contributed by atoms with Crippen LogP contribution in [0.15, 0.2) is 57.6 Å². The summed E-state index contributed by atoms with van der Waals surface area (Å²) >= 11 is 0. The van der Waals surface area contributed by atoms with Crippen molar-refractivity contribution < 1.29 is 18.4 Å². The van der Waals surface area contributed by atoms with Gasteiger partial charge in [0.05, 0.1) is 6.26 Å². The van der Waals surface area contributed by atoms with Gasteiger partial charge in [-0.3, -0.25) is 14.5 Å². The van der Waals surface area contributed by atoms with Crippen molar-refractivity contribution in [1.82, 2.24) is 25.5 Å². The standard InChI is InChI=1S/C26H30N6O4/c1-16-9-10-17(2)19(14-16)32(23(20-8-7-13-35-20)25(34)27-26(4,5)6)22(33)15-31-29-24(28-30-31)21-12-11-18(3)36-21/h7-14,23H,15H2,1-6H3,(H,27,34)/t23-/m1/s1. The molecule has 1 N–H and O–H groups in total. The average Bonchev–Trinajstić information content (AvgIpc) is 3.54. The molecule has 0 saturated heterocycles. The molecule has 4 aromatic rings. The number of hydrogen-bond acceptors (Lipinski definition) is 7. The van der Waals surface area contributed by atoms with Gasteiger partial charge in [0.15, 0.2) is 11.8 Å². The highest BCUT2D eigenvalue weighted by atomic mass is 16.3. The number of carbonyl (C=O) groups excluding carboxylic acids is 2. The first-order chi connectivity index (χ1) is 17.0. The minimum absolute atomic E-state index is 0.250. The van der Waals surface area contributed by atoms with E-state index in [-0.39, 0.29) is 18.3 Å². The molecule has 1 aromatic carbocycles. The molecule has 0 saturated carbocycles. The van der Waals surface area contributed by atoms with Crippen LogP contribution in [-0.4, -0.2) is 37.6 Å². The largest absolute Gasteiger partial charge is 0.467 e. The smallest absolute Gasteiger partial charge is 0.251 e. The van der Waals surface area contributed by atoms with Crippen molar-refractivity contribution >= 4 is 17.5 Å². The number of rotatable bonds is 7. The van der Waals surface area contributed by atoms with Crippen LogP contribution < -0.4 is 10.2 Å². The molecule has 1 atom stereocenters. The van der Waals surface area contributed by atoms with Gasteiger partial charge in [0, 0.05) is 11.2 Å². The third-order valence-corrected chi connectivity index (χ3v) is 5.40. The van der Waals surface area contributed by atoms with Gasteiger partial charge in [-0.2, -0.15) is 4.80 Å². The minimum Gasteiger partial charge on any atom is -0.467 e. The lowest BCUT2D eigenvalue weighted by atomic mass is 10.0. The predicted octanol–water partition coefficient (Wildman–Crippen LogP) is 4.14. The number of benzene rings is 1. The van der Waals surface area contributed by atoms with E-state index in [0.717, 1.165) is 11.1 Å². The maximum atomic E-state index is 13.9. The average molecular weight is 491 g/mol. The molecule has 4 rings (SSSR count). The zero-order valence-corrected chi connectivity index (χ0v) is 21.3. The molecule has 2 amide bonds. The second-order valence-corrected chi connectivity index (χ2v) is 9.76. The molecule has 3 aromatic heterocycles. The quantitative estimate of drug-likeness (QED) is 0.413. The first-order valence-electron chi connectivity index (χ1n) is 11.6. The van der Waals surface area contributed by atoms with Gasteiger partial charge < -0.3 is 14.2 Å². The molecule has 36 heavy (non-hydrogen) atoms. The molecule has 0 aliphatic heterocycles. The molecule has 0 spiro atoms. The molecule has 10 heteroatoms. The SMILES string of the molecule is Cc1ccc(C)c(N(C(=O)Cn2nnc(-c3ccc(C)o3)n2)[C@@H](C(=O)NC(C)(C)C)c2ccco2)c1. The Kier molecular flexibility index (Phi) is 6.78. The van der Waals surface area contributed by atoms with Crippen molar-refractivity contribution in [1.29, 1.82) is 0 Å². The molecule has 0 unspecified atom stereocenters. The number of nitrogens with zero attached hydrogens (tertiary/aromatic N) is 5. The van der Waals surface area contributed by atoms with E-state index < -0.39 is 17.5 Å². The summed E-state index contributed by atoms with van der Waals surface area (Å²) in [5.74, 6) is 0.991. The zero-order valence-electron chi connectivity index (χ0n) is 21.3. The molecule has 0 fully saturated rings. The Hall–Kier alpha value is -4.21. The molecule has 0 aliphatic rings. The highest BCUT2D eigenvalue weighted by Gasteiger charge is 2.37. The number of nitrogens with one attached hydrogen (secondary N) is 1. The van der Waals surface area contributed by atoms with Crippen molar-refractivity contribution in [3.63, 3.8) is 0 Å². The fourth-order valence-corrected chi connectivity index (χ4v) is 3.82. The Balaban J connectivity index is 1.75. The fourth-order valence-electron chi connectivity index (χ4n) is 3.82. The Morgan fingerprint density at radius 2 is 1.89 bits per heavy atom. The Morgan fingerprint density at radius 3 is 2.53 bits per heavy atom. The first-order valence-corrected chi connectivity index (χ1v) is 11.6. The maximum Gasteiger partial charge on any atom is 0.251 e. The lowest BCUT2D eigenvalue weighted by molar-refractivity contribution is -0.128. The van der Waals surface area contributed by atoms with Crippen molar-refractivity contribution in [2.45, 2.75) is 59.7 Å². The summed E-state index contributed by atoms with van der Waals surface area (Å²) in [6, 6.07) is 11.6. The molecule has 0 aliphatic carbocycles. The third kappa shape index (κ3) is 5.54. The molecule has 3 heterocycles. The van der Waals surface area contributed by atoms with Gasteiger partial charge in [0.25, 0.3) is 11.8 Å². The molecule has 0 bridgehead atoms. The topological polar surface area (TPSA) is 119 Å². The fraction of sp³-hybridized carbons (Fsp3) is 0.346. The summed E-state index contributed by atoms with van der Waals surface area (Å²) in [6.07, 6.45) is 1.48. The van der Waals surface area contributed by atoms with E-state index in [1.165, 1.54) is 16.0 Å². The van der Waals surface area contributed by atoms with Crippen molar-refractivity contribution in [2.75, 3.05) is 4.90 Å². The van der Waals surface area contributed by atoms with Gasteiger partial charge in [0.1, 0.15) is 18.1 Å². The molecule has 10 nitrogen and oxygen atoms in total. The Morgan fingerprint density at radius 1 is 1.11 bits per heavy atom. The van der Waals surface area contributed by atoms with Crippen molar-refractivity contribution in [2.24, 2.45) is 0 Å². The normalized spacial score (nSPS) is 12.4. The van der Waals surface area contributed by atoms with Gasteiger partial charge in [0.2, 0.25) is 5.82 Å². The molecule has 0 radical (unpaired) electrons. The predicted molar refractivity (Wildman–Crippen MR) is 133 cm³/mol. The van der Waals surface area contributed by atoms with E-state index in [1.807, 2.05) is 59.7 Å². The maximum absolute atomic E-state index is 13.9. The summed E-state index contributed by atoms with van der Waals surface area (Å²) in [7, 11) is 0. The van der Waals surface area contributed by atoms with Gasteiger partial charge in [-0.05, 0) is 88.2 Å². The van der Waals surface area contributed by atoms with Crippen LogP contribution in [0, 0.1) is 20.8 Å². The first kappa shape index (κ1) is 24.9. The number of amides is 2. The number of aromatic nitrogens is 4. The summed E-state index contributed by atoms with van der Waals surface area (Å²) in [4.78, 5) is 30.1. The summed E-state index contributed by atoms with van der Waals surface area (Å²) in [5.41, 5.74) is 1.83. The highest BCUT2D eigenvalue weighted by molar-refractivity contribution is 6.01. The summed E-state index contributed by atoms with van der Waals surface area (Å²) < 4.78 is 11.2. The van der Waals surface area contributed by atoms with Crippen LogP contribution in [0.4, 0.5) is 5.69 Å². The number of tetrazole rings is 1. The van der Waals surface area contributed by atoms with Crippen LogP contribution in [0.1, 0.15) is 49.5 Å². The number of hydrogen-bond donors (Lipinski definition) is 1. The van der Waals surface area contributed by atoms with E-state index in [1.54, 1.807) is 24.3 Å². The lowest BCUT2D eigenvalue weighted by Crippen LogP contribution is -2.50. The van der Waals surface area contributed by atoms with Crippen molar-refractivity contribution in [3.05, 3.63) is 71.4 Å². The number of anilines is 1. The van der Waals surface area contributed by atoms with E-state index in [2.05, 4.69) is 20.7 Å². The molecular weight excluding hydrogens is 460 g/mol. The highest BCUT2D eigenvalue weighted by Crippen LogP contribution is 2.32. The molecule has 188 valence electrons. The third-order valence-electron chi connectivity index (χ3n) is 5.40. The van der Waals surface area contributed by atoms with Crippen LogP contribution in [-0.2, 0) is 16.1 Å². The van der Waals surface area contributed by atoms with E-state index in [9.17, 15) is 9.59 Å². The van der Waals surface area contributed by atoms with Crippen LogP contribution in [0.5, 0.6) is 0 Å². The zero-order chi connectivity index (χ0) is 26.0. The van der Waals surface area contributed by atoms with E-state index in [4.69, 9.17) is 8.83 Å². The second-order valence-electron chi connectivity index (χ2n) is 9.76. The van der Waals surface area contributed by atoms with Crippen LogP contribution in [0.2, 0.25) is 0 Å². The number of furan rings is 2. The van der Waals surface area contributed by atoms with Gasteiger partial charge in [-0.15, -0.1) is 10.2 Å². The van der Waals surface area contributed by atoms with Crippen molar-refractivity contribution in [3.8, 4) is 11.6 Å². The Bertz CT molecular complexity index is 1360. The second kappa shape index (κ2) is 9.80. The van der Waals surface area contributed by atoms with E-state index >= 15 is 0 Å². The monoisotopic (exact) mass is 490 g/mol. The van der Waals surface area contributed by atoms with Crippen LogP contribution in [0.3, 0.4) is 0 Å². The van der Waals surface area contributed by atoms with Crippen LogP contribution >= 0.6 is 0 Å². The van der Waals surface area contributed by atoms with Gasteiger partial charge >= 0.3 is 0 Å². The summed E-state index contributed by atoms with van der Waals surface area (Å²) in [5, 5.41) is 15.3. The van der Waals surface area contributed by atoms with Gasteiger partial charge in [-0.25, -0.2) is 0 Å². The lowest BCUT2D eigenvalue weighted by Gasteiger charge is -2.33. The summed E-state index contributed by atoms with van der Waals surface area (Å²) in [6.45, 7) is 11.0. The number of aryl methyl sites for hydroxylation is 3. The van der Waals surface area contributed by atoms with Crippen LogP contribution in [0.25, 0.3) is 11.6 Å². The molecular formula is C26H30N6O4. The number of carbonyl (C=O) groups is 2. The minimum atomic E-state index is -1.05.